The minimum atomic E-state index is -1.74. The number of piperidine rings is 1. The van der Waals surface area contributed by atoms with Gasteiger partial charge in [0.2, 0.25) is 5.91 Å². The molecule has 0 aliphatic carbocycles. The minimum absolute atomic E-state index is 0.147. The van der Waals surface area contributed by atoms with E-state index in [0.717, 1.165) is 46.4 Å². The van der Waals surface area contributed by atoms with Gasteiger partial charge in [-0.25, -0.2) is 0 Å². The summed E-state index contributed by atoms with van der Waals surface area (Å²) in [6, 6.07) is 8.50. The van der Waals surface area contributed by atoms with E-state index in [0.29, 0.717) is 5.56 Å². The Bertz CT molecular complexity index is 1320. The molecule has 0 saturated carbocycles. The minimum Gasteiger partial charge on any atom is -0.469 e. The van der Waals surface area contributed by atoms with Crippen LogP contribution in [0.3, 0.4) is 0 Å². The lowest BCUT2D eigenvalue weighted by molar-refractivity contribution is -0.210. The van der Waals surface area contributed by atoms with Gasteiger partial charge in [0.15, 0.2) is 24.4 Å². The lowest BCUT2D eigenvalue weighted by Crippen LogP contribution is -2.64. The molecule has 1 aromatic carbocycles. The van der Waals surface area contributed by atoms with Crippen molar-refractivity contribution < 1.29 is 62.0 Å². The standard InChI is InChI=1S/C29H35NO13S/c1-15(31)39-14-22(40-16(2)32)23(41-17(3)33)24(42-18(4)34)25(43-19(5)35)28-13-21(26(36)38-7)29(44-28,27(37)30(28)6)20-11-9-8-10-12-20/h8-12,21-25H,13-14H2,1-7H3/t21-,22-,23-,24+,25-,28+,29+/m1/s1. The number of benzene rings is 1. The first-order chi connectivity index (χ1) is 20.6. The van der Waals surface area contributed by atoms with E-state index in [1.165, 1.54) is 19.1 Å². The Hall–Kier alpha value is -4.14. The lowest BCUT2D eigenvalue weighted by atomic mass is 9.75. The van der Waals surface area contributed by atoms with Crippen LogP contribution in [0.4, 0.5) is 0 Å². The number of nitrogens with zero attached hydrogens (tertiary/aromatic N) is 1. The number of likely N-dealkylation sites (N-methyl/N-ethyl adjacent to an activating group) is 1. The van der Waals surface area contributed by atoms with Crippen LogP contribution in [0.15, 0.2) is 30.3 Å². The molecule has 2 bridgehead atoms. The molecule has 2 aliphatic heterocycles. The molecule has 1 amide bonds. The van der Waals surface area contributed by atoms with Crippen molar-refractivity contribution in [2.75, 3.05) is 20.8 Å². The van der Waals surface area contributed by atoms with Gasteiger partial charge in [0.05, 0.1) is 13.0 Å². The molecule has 0 N–H and O–H groups in total. The summed E-state index contributed by atoms with van der Waals surface area (Å²) in [5.74, 6) is -6.63. The third-order valence-corrected chi connectivity index (χ3v) is 9.35. The number of carbonyl (C=O) groups is 7. The summed E-state index contributed by atoms with van der Waals surface area (Å²) in [6.45, 7) is 4.68. The molecule has 0 unspecified atom stereocenters. The molecule has 15 heteroatoms. The molecule has 2 heterocycles. The van der Waals surface area contributed by atoms with Gasteiger partial charge in [0.1, 0.15) is 16.2 Å². The molecule has 2 fully saturated rings. The average Bonchev–Trinajstić information content (AvgIpc) is 3.42. The summed E-state index contributed by atoms with van der Waals surface area (Å²) >= 11 is 1.01. The Morgan fingerprint density at radius 2 is 1.39 bits per heavy atom. The number of thioether (sulfide) groups is 1. The highest BCUT2D eigenvalue weighted by Gasteiger charge is 2.76. The number of ether oxygens (including phenoxy) is 6. The van der Waals surface area contributed by atoms with Crippen LogP contribution in [-0.4, -0.2) is 96.7 Å². The number of esters is 6. The zero-order valence-corrected chi connectivity index (χ0v) is 26.2. The van der Waals surface area contributed by atoms with E-state index in [4.69, 9.17) is 28.4 Å². The SMILES string of the molecule is COC(=O)[C@H]1C[C@@]2([C@H](OC(C)=O)[C@@H](OC(C)=O)[C@H](OC(C)=O)[C@@H](COC(C)=O)OC(C)=O)S[C@]1(c1ccccc1)C(=O)N2C. The van der Waals surface area contributed by atoms with Crippen LogP contribution in [0, 0.1) is 5.92 Å². The van der Waals surface area contributed by atoms with Gasteiger partial charge in [-0.3, -0.25) is 33.6 Å². The fourth-order valence-electron chi connectivity index (χ4n) is 5.72. The van der Waals surface area contributed by atoms with Crippen LogP contribution in [0.2, 0.25) is 0 Å². The molecule has 7 atom stereocenters. The number of carbonyl (C=O) groups excluding carboxylic acids is 7. The van der Waals surface area contributed by atoms with Gasteiger partial charge in [-0.1, -0.05) is 30.3 Å². The second-order valence-corrected chi connectivity index (χ2v) is 11.9. The fourth-order valence-corrected chi connectivity index (χ4v) is 7.84. The van der Waals surface area contributed by atoms with Crippen LogP contribution in [0.25, 0.3) is 0 Å². The first-order valence-corrected chi connectivity index (χ1v) is 14.4. The molecule has 2 saturated heterocycles. The molecule has 14 nitrogen and oxygen atoms in total. The zero-order valence-electron chi connectivity index (χ0n) is 25.4. The summed E-state index contributed by atoms with van der Waals surface area (Å²) < 4.78 is 30.9. The topological polar surface area (TPSA) is 178 Å². The summed E-state index contributed by atoms with van der Waals surface area (Å²) in [6.07, 6.45) is -6.78. The van der Waals surface area contributed by atoms with Crippen molar-refractivity contribution in [3.63, 3.8) is 0 Å². The maximum absolute atomic E-state index is 14.2. The largest absolute Gasteiger partial charge is 0.469 e. The van der Waals surface area contributed by atoms with Crippen molar-refractivity contribution >= 4 is 53.5 Å². The molecule has 44 heavy (non-hydrogen) atoms. The van der Waals surface area contributed by atoms with E-state index in [-0.39, 0.29) is 6.42 Å². The number of rotatable bonds is 12. The molecular formula is C29H35NO13S. The van der Waals surface area contributed by atoms with Crippen LogP contribution >= 0.6 is 11.8 Å². The van der Waals surface area contributed by atoms with Gasteiger partial charge in [-0.2, -0.15) is 0 Å². The van der Waals surface area contributed by atoms with E-state index in [1.54, 1.807) is 30.3 Å². The van der Waals surface area contributed by atoms with Gasteiger partial charge < -0.3 is 33.3 Å². The highest BCUT2D eigenvalue weighted by molar-refractivity contribution is 8.03. The van der Waals surface area contributed by atoms with Crippen molar-refractivity contribution in [1.29, 1.82) is 0 Å². The number of likely N-dealkylation sites (tertiary alicyclic amines) is 1. The highest BCUT2D eigenvalue weighted by Crippen LogP contribution is 2.68. The monoisotopic (exact) mass is 637 g/mol. The molecule has 2 aliphatic rings. The maximum atomic E-state index is 14.2. The normalized spacial score (nSPS) is 24.8. The quantitative estimate of drug-likeness (QED) is 0.236. The number of hydrogen-bond donors (Lipinski definition) is 0. The first-order valence-electron chi connectivity index (χ1n) is 13.5. The average molecular weight is 638 g/mol. The lowest BCUT2D eigenvalue weighted by Gasteiger charge is -2.46. The summed E-state index contributed by atoms with van der Waals surface area (Å²) in [5, 5.41) is 0. The Kier molecular flexibility index (Phi) is 10.7. The van der Waals surface area contributed by atoms with Gasteiger partial charge in [0, 0.05) is 41.7 Å². The zero-order chi connectivity index (χ0) is 33.0. The molecule has 3 rings (SSSR count). The van der Waals surface area contributed by atoms with Crippen molar-refractivity contribution in [2.24, 2.45) is 5.92 Å². The number of fused-ring (bicyclic) bond motifs is 2. The van der Waals surface area contributed by atoms with Crippen molar-refractivity contribution in [1.82, 2.24) is 4.90 Å². The van der Waals surface area contributed by atoms with Crippen LogP contribution in [0.5, 0.6) is 0 Å². The number of methoxy groups -OCH3 is 1. The highest BCUT2D eigenvalue weighted by atomic mass is 32.2. The van der Waals surface area contributed by atoms with E-state index in [1.807, 2.05) is 0 Å². The Labute approximate surface area is 258 Å². The summed E-state index contributed by atoms with van der Waals surface area (Å²) in [5.41, 5.74) is 0.478. The first kappa shape index (κ1) is 34.4. The van der Waals surface area contributed by atoms with E-state index >= 15 is 0 Å². The summed E-state index contributed by atoms with van der Waals surface area (Å²) in [7, 11) is 2.62. The number of hydrogen-bond acceptors (Lipinski definition) is 14. The second kappa shape index (κ2) is 13.7. The van der Waals surface area contributed by atoms with Crippen molar-refractivity contribution in [3.8, 4) is 0 Å². The fraction of sp³-hybridized carbons (Fsp3) is 0.552. The number of amides is 1. The molecule has 240 valence electrons. The van der Waals surface area contributed by atoms with Crippen molar-refractivity contribution in [2.45, 2.75) is 75.1 Å². The Balaban J connectivity index is 2.30. The van der Waals surface area contributed by atoms with Crippen molar-refractivity contribution in [3.05, 3.63) is 35.9 Å². The van der Waals surface area contributed by atoms with E-state index in [9.17, 15) is 33.6 Å². The summed E-state index contributed by atoms with van der Waals surface area (Å²) in [4.78, 5) is 88.5. The second-order valence-electron chi connectivity index (χ2n) is 10.3. The smallest absolute Gasteiger partial charge is 0.311 e. The van der Waals surface area contributed by atoms with Crippen LogP contribution in [-0.2, 0) is 66.7 Å². The van der Waals surface area contributed by atoms with Gasteiger partial charge in [0.25, 0.3) is 0 Å². The van der Waals surface area contributed by atoms with E-state index < -0.39 is 88.3 Å². The van der Waals surface area contributed by atoms with Gasteiger partial charge in [-0.05, 0) is 12.0 Å². The third-order valence-electron chi connectivity index (χ3n) is 7.30. The predicted octanol–water partition coefficient (Wildman–Crippen LogP) is 1.27. The Morgan fingerprint density at radius 3 is 1.89 bits per heavy atom. The van der Waals surface area contributed by atoms with Gasteiger partial charge >= 0.3 is 35.8 Å². The third kappa shape index (κ3) is 6.66. The van der Waals surface area contributed by atoms with E-state index in [2.05, 4.69) is 0 Å². The van der Waals surface area contributed by atoms with Crippen LogP contribution in [0.1, 0.15) is 46.6 Å². The maximum Gasteiger partial charge on any atom is 0.311 e. The molecule has 0 aromatic heterocycles. The molecular weight excluding hydrogens is 602 g/mol. The van der Waals surface area contributed by atoms with Crippen LogP contribution < -0.4 is 0 Å². The molecule has 0 spiro atoms. The molecule has 0 radical (unpaired) electrons. The molecule has 1 aromatic rings. The predicted molar refractivity (Wildman–Crippen MR) is 150 cm³/mol. The van der Waals surface area contributed by atoms with Gasteiger partial charge in [-0.15, -0.1) is 11.8 Å². The Morgan fingerprint density at radius 1 is 0.841 bits per heavy atom.